The molecule has 2 heterocycles. The number of halogens is 1. The van der Waals surface area contributed by atoms with Crippen LogP contribution in [0.1, 0.15) is 24.7 Å². The molecule has 1 aliphatic rings. The van der Waals surface area contributed by atoms with E-state index in [-0.39, 0.29) is 11.8 Å². The van der Waals surface area contributed by atoms with E-state index in [2.05, 4.69) is 0 Å². The summed E-state index contributed by atoms with van der Waals surface area (Å²) in [6.07, 6.45) is 2.49. The molecule has 31 heavy (non-hydrogen) atoms. The molecule has 4 rings (SSSR count). The fourth-order valence-electron chi connectivity index (χ4n) is 3.22. The first-order valence-corrected chi connectivity index (χ1v) is 11.2. The number of furan rings is 1. The highest BCUT2D eigenvalue weighted by Crippen LogP contribution is 2.40. The average Bonchev–Trinajstić information content (AvgIpc) is 3.37. The van der Waals surface area contributed by atoms with E-state index in [1.165, 1.54) is 16.7 Å². The van der Waals surface area contributed by atoms with Gasteiger partial charge in [-0.2, -0.15) is 0 Å². The zero-order valence-corrected chi connectivity index (χ0v) is 18.4. The quantitative estimate of drug-likeness (QED) is 0.395. The molecule has 0 bridgehead atoms. The molecule has 158 valence electrons. The van der Waals surface area contributed by atoms with Crippen LogP contribution >= 0.6 is 23.4 Å². The summed E-state index contributed by atoms with van der Waals surface area (Å²) in [5.41, 5.74) is 1.47. The average molecular weight is 454 g/mol. The third kappa shape index (κ3) is 4.55. The maximum absolute atomic E-state index is 13.4. The second-order valence-corrected chi connectivity index (χ2v) is 8.29. The minimum Gasteiger partial charge on any atom is -0.494 e. The van der Waals surface area contributed by atoms with Crippen LogP contribution in [-0.2, 0) is 15.3 Å². The zero-order chi connectivity index (χ0) is 21.8. The van der Waals surface area contributed by atoms with Gasteiger partial charge in [0, 0.05) is 5.02 Å². The fraction of sp³-hybridized carbons (Fsp3) is 0.167. The Morgan fingerprint density at radius 2 is 1.84 bits per heavy atom. The molecule has 2 aromatic carbocycles. The van der Waals surface area contributed by atoms with Gasteiger partial charge in [-0.05, 0) is 54.4 Å². The molecule has 0 radical (unpaired) electrons. The molecule has 0 unspecified atom stereocenters. The van der Waals surface area contributed by atoms with Gasteiger partial charge in [-0.3, -0.25) is 9.59 Å². The highest BCUT2D eigenvalue weighted by Gasteiger charge is 2.40. The Morgan fingerprint density at radius 3 is 2.52 bits per heavy atom. The third-order valence-corrected chi connectivity index (χ3v) is 5.99. The van der Waals surface area contributed by atoms with Gasteiger partial charge in [-0.1, -0.05) is 36.7 Å². The van der Waals surface area contributed by atoms with Gasteiger partial charge in [0.25, 0.3) is 11.8 Å². The second kappa shape index (κ2) is 9.45. The molecule has 3 aromatic rings. The van der Waals surface area contributed by atoms with E-state index in [1.54, 1.807) is 48.7 Å². The molecule has 0 atom stereocenters. The number of nitrogens with zero attached hydrogens (tertiary/aromatic N) is 1. The smallest absolute Gasteiger partial charge is 0.272 e. The predicted molar refractivity (Wildman–Crippen MR) is 123 cm³/mol. The molecule has 1 aromatic heterocycles. The van der Waals surface area contributed by atoms with Gasteiger partial charge in [0.1, 0.15) is 11.5 Å². The molecular weight excluding hydrogens is 434 g/mol. The van der Waals surface area contributed by atoms with E-state index in [1.807, 2.05) is 25.1 Å². The monoisotopic (exact) mass is 453 g/mol. The minimum atomic E-state index is -0.378. The van der Waals surface area contributed by atoms with Crippen LogP contribution in [0.2, 0.25) is 5.02 Å². The van der Waals surface area contributed by atoms with Crippen molar-refractivity contribution >= 4 is 46.4 Å². The van der Waals surface area contributed by atoms with Crippen molar-refractivity contribution in [1.29, 1.82) is 0 Å². The van der Waals surface area contributed by atoms with Gasteiger partial charge >= 0.3 is 0 Å². The van der Waals surface area contributed by atoms with E-state index in [4.69, 9.17) is 20.8 Å². The van der Waals surface area contributed by atoms with Gasteiger partial charge < -0.3 is 9.15 Å². The molecule has 0 saturated carbocycles. The van der Waals surface area contributed by atoms with E-state index in [9.17, 15) is 9.59 Å². The number of imide groups is 1. The maximum atomic E-state index is 13.4. The third-order valence-electron chi connectivity index (χ3n) is 4.66. The Labute approximate surface area is 189 Å². The van der Waals surface area contributed by atoms with Crippen LogP contribution in [0.5, 0.6) is 5.75 Å². The van der Waals surface area contributed by atoms with Crippen molar-refractivity contribution < 1.29 is 18.7 Å². The predicted octanol–water partition coefficient (Wildman–Crippen LogP) is 5.94. The number of ether oxygens (including phenoxy) is 1. The summed E-state index contributed by atoms with van der Waals surface area (Å²) in [5, 5.41) is 0.453. The summed E-state index contributed by atoms with van der Waals surface area (Å²) in [6, 6.07) is 17.6. The first-order valence-electron chi connectivity index (χ1n) is 9.85. The largest absolute Gasteiger partial charge is 0.494 e. The highest BCUT2D eigenvalue weighted by molar-refractivity contribution is 8.03. The summed E-state index contributed by atoms with van der Waals surface area (Å²) in [6.45, 7) is 2.65. The van der Waals surface area contributed by atoms with E-state index in [0.717, 1.165) is 17.9 Å². The Balaban J connectivity index is 1.70. The first kappa shape index (κ1) is 21.3. The molecule has 0 N–H and O–H groups in total. The normalized spacial score (nSPS) is 13.9. The van der Waals surface area contributed by atoms with Crippen molar-refractivity contribution in [2.24, 2.45) is 0 Å². The lowest BCUT2D eigenvalue weighted by Gasteiger charge is -2.15. The molecule has 7 heteroatoms. The Morgan fingerprint density at radius 1 is 1.03 bits per heavy atom. The van der Waals surface area contributed by atoms with Crippen molar-refractivity contribution in [1.82, 2.24) is 0 Å². The number of rotatable bonds is 8. The highest BCUT2D eigenvalue weighted by atomic mass is 35.5. The molecule has 0 fully saturated rings. The number of hydrogen-bond acceptors (Lipinski definition) is 5. The molecule has 2 amide bonds. The van der Waals surface area contributed by atoms with Crippen molar-refractivity contribution in [3.63, 3.8) is 0 Å². The second-order valence-electron chi connectivity index (χ2n) is 6.87. The molecule has 0 aliphatic carbocycles. The van der Waals surface area contributed by atoms with Gasteiger partial charge in [0.05, 0.1) is 34.8 Å². The van der Waals surface area contributed by atoms with E-state index < -0.39 is 0 Å². The van der Waals surface area contributed by atoms with Crippen LogP contribution in [0.4, 0.5) is 5.69 Å². The van der Waals surface area contributed by atoms with Crippen LogP contribution in [0.15, 0.2) is 76.2 Å². The fourth-order valence-corrected chi connectivity index (χ4v) is 4.42. The van der Waals surface area contributed by atoms with Crippen LogP contribution in [0.25, 0.3) is 5.57 Å². The van der Waals surface area contributed by atoms with Crippen molar-refractivity contribution in [3.8, 4) is 5.75 Å². The van der Waals surface area contributed by atoms with Crippen LogP contribution in [0, 0.1) is 0 Å². The molecule has 1 aliphatic heterocycles. The minimum absolute atomic E-state index is 0.364. The van der Waals surface area contributed by atoms with Gasteiger partial charge in [-0.15, -0.1) is 11.8 Å². The van der Waals surface area contributed by atoms with Crippen LogP contribution in [-0.4, -0.2) is 18.4 Å². The number of anilines is 1. The van der Waals surface area contributed by atoms with Crippen LogP contribution in [0.3, 0.4) is 0 Å². The molecular formula is C24H20ClNO4S. The lowest BCUT2D eigenvalue weighted by Crippen LogP contribution is -2.31. The van der Waals surface area contributed by atoms with Crippen LogP contribution < -0.4 is 9.64 Å². The Hall–Kier alpha value is -2.96. The van der Waals surface area contributed by atoms with Gasteiger partial charge in [0.15, 0.2) is 0 Å². The standard InChI is InChI=1S/C24H20ClNO4S/c1-2-12-29-19-10-8-16(9-11-19)21-22(31-15-20-7-4-13-30-20)24(28)26(23(21)27)18-6-3-5-17(25)14-18/h3-11,13-14H,2,12,15H2,1H3. The first-order chi connectivity index (χ1) is 15.1. The summed E-state index contributed by atoms with van der Waals surface area (Å²) in [7, 11) is 0. The lowest BCUT2D eigenvalue weighted by atomic mass is 10.1. The molecule has 0 spiro atoms. The Kier molecular flexibility index (Phi) is 6.49. The van der Waals surface area contributed by atoms with Crippen molar-refractivity contribution in [2.75, 3.05) is 11.5 Å². The molecule has 5 nitrogen and oxygen atoms in total. The summed E-state index contributed by atoms with van der Waals surface area (Å²) < 4.78 is 11.0. The number of thioether (sulfide) groups is 1. The van der Waals surface area contributed by atoms with Gasteiger partial charge in [0.2, 0.25) is 0 Å². The lowest BCUT2D eigenvalue weighted by molar-refractivity contribution is -0.119. The number of benzene rings is 2. The topological polar surface area (TPSA) is 59.8 Å². The summed E-state index contributed by atoms with van der Waals surface area (Å²) in [5.74, 6) is 1.13. The number of amides is 2. The Bertz CT molecular complexity index is 1120. The zero-order valence-electron chi connectivity index (χ0n) is 16.8. The molecule has 0 saturated heterocycles. The van der Waals surface area contributed by atoms with Crippen molar-refractivity contribution in [3.05, 3.63) is 88.2 Å². The van der Waals surface area contributed by atoms with E-state index in [0.29, 0.717) is 39.1 Å². The summed E-state index contributed by atoms with van der Waals surface area (Å²) in [4.78, 5) is 28.3. The van der Waals surface area contributed by atoms with Gasteiger partial charge in [-0.25, -0.2) is 4.90 Å². The number of hydrogen-bond donors (Lipinski definition) is 0. The van der Waals surface area contributed by atoms with Crippen molar-refractivity contribution in [2.45, 2.75) is 19.1 Å². The summed E-state index contributed by atoms with van der Waals surface area (Å²) >= 11 is 7.39. The SMILES string of the molecule is CCCOc1ccc(C2=C(SCc3ccco3)C(=O)N(c3cccc(Cl)c3)C2=O)cc1. The number of carbonyl (C=O) groups excluding carboxylic acids is 2. The van der Waals surface area contributed by atoms with E-state index >= 15 is 0 Å². The number of carbonyl (C=O) groups is 2. The maximum Gasteiger partial charge on any atom is 0.272 e.